The Labute approximate surface area is 201 Å². The van der Waals surface area contributed by atoms with Crippen LogP contribution in [-0.2, 0) is 4.79 Å². The number of fused-ring (bicyclic) bond motifs is 1. The molecule has 0 unspecified atom stereocenters. The molecular weight excluding hydrogens is 428 g/mol. The highest BCUT2D eigenvalue weighted by Crippen LogP contribution is 2.30. The van der Waals surface area contributed by atoms with E-state index < -0.39 is 0 Å². The van der Waals surface area contributed by atoms with Gasteiger partial charge in [0, 0.05) is 30.9 Å². The third kappa shape index (κ3) is 5.33. The Balaban J connectivity index is 1.52. The van der Waals surface area contributed by atoms with E-state index in [4.69, 9.17) is 9.47 Å². The highest BCUT2D eigenvalue weighted by atomic mass is 16.5. The van der Waals surface area contributed by atoms with Crippen LogP contribution in [0.25, 0.3) is 10.8 Å². The molecule has 0 aromatic heterocycles. The number of likely N-dealkylation sites (tertiary alicyclic amines) is 1. The van der Waals surface area contributed by atoms with Gasteiger partial charge < -0.3 is 19.3 Å². The summed E-state index contributed by atoms with van der Waals surface area (Å²) in [6.45, 7) is 6.33. The normalized spacial score (nSPS) is 13.5. The van der Waals surface area contributed by atoms with Gasteiger partial charge in [0.25, 0.3) is 11.8 Å². The van der Waals surface area contributed by atoms with E-state index in [1.54, 1.807) is 23.1 Å². The summed E-state index contributed by atoms with van der Waals surface area (Å²) in [5, 5.41) is 2.22. The highest BCUT2D eigenvalue weighted by molar-refractivity contribution is 6.07. The molecule has 0 bridgehead atoms. The lowest BCUT2D eigenvalue weighted by atomic mass is 10.1. The molecular formula is C28H32N2O4. The number of carbonyl (C=O) groups excluding carboxylic acids is 2. The fourth-order valence-electron chi connectivity index (χ4n) is 4.35. The summed E-state index contributed by atoms with van der Waals surface area (Å²) in [5.41, 5.74) is 1.35. The lowest BCUT2D eigenvalue weighted by Gasteiger charge is -2.26. The number of nitrogens with zero attached hydrogens (tertiary/aromatic N) is 2. The van der Waals surface area contributed by atoms with E-state index in [1.807, 2.05) is 55.1 Å². The first-order chi connectivity index (χ1) is 16.6. The Morgan fingerprint density at radius 1 is 0.853 bits per heavy atom. The zero-order valence-corrected chi connectivity index (χ0v) is 20.0. The Morgan fingerprint density at radius 2 is 1.62 bits per heavy atom. The van der Waals surface area contributed by atoms with Crippen molar-refractivity contribution in [3.63, 3.8) is 0 Å². The van der Waals surface area contributed by atoms with Gasteiger partial charge in [-0.15, -0.1) is 0 Å². The molecule has 3 aromatic rings. The summed E-state index contributed by atoms with van der Waals surface area (Å²) in [6, 6.07) is 19.3. The molecule has 34 heavy (non-hydrogen) atoms. The molecule has 4 rings (SSSR count). The summed E-state index contributed by atoms with van der Waals surface area (Å²) in [4.78, 5) is 29.5. The number of piperidine rings is 1. The van der Waals surface area contributed by atoms with Gasteiger partial charge in [-0.25, -0.2) is 0 Å². The largest absolute Gasteiger partial charge is 0.490 e. The standard InChI is InChI=1S/C28H32N2O4/c1-3-30(24-14-12-21-10-6-7-11-22(21)18-24)28(32)23-13-15-25(26(19-23)33-4-2)34-20-27(31)29-16-8-5-9-17-29/h6-7,10-15,18-19H,3-5,8-9,16-17,20H2,1-2H3. The van der Waals surface area contributed by atoms with E-state index in [2.05, 4.69) is 6.07 Å². The summed E-state index contributed by atoms with van der Waals surface area (Å²) in [7, 11) is 0. The molecule has 1 saturated heterocycles. The van der Waals surface area contributed by atoms with E-state index >= 15 is 0 Å². The Bertz CT molecular complexity index is 1150. The minimum absolute atomic E-state index is 0.0178. The number of rotatable bonds is 8. The van der Waals surface area contributed by atoms with E-state index in [1.165, 1.54) is 6.42 Å². The van der Waals surface area contributed by atoms with Crippen LogP contribution in [0.2, 0.25) is 0 Å². The fourth-order valence-corrected chi connectivity index (χ4v) is 4.35. The summed E-state index contributed by atoms with van der Waals surface area (Å²) < 4.78 is 11.6. The number of anilines is 1. The van der Waals surface area contributed by atoms with Crippen LogP contribution >= 0.6 is 0 Å². The SMILES string of the molecule is CCOc1cc(C(=O)N(CC)c2ccc3ccccc3c2)ccc1OCC(=O)N1CCCCC1. The molecule has 3 aromatic carbocycles. The Kier molecular flexibility index (Phi) is 7.68. The second kappa shape index (κ2) is 11.1. The minimum Gasteiger partial charge on any atom is -0.490 e. The third-order valence-electron chi connectivity index (χ3n) is 6.16. The van der Waals surface area contributed by atoms with Crippen molar-refractivity contribution in [2.24, 2.45) is 0 Å². The average Bonchev–Trinajstić information content (AvgIpc) is 2.88. The average molecular weight is 461 g/mol. The van der Waals surface area contributed by atoms with Gasteiger partial charge in [-0.2, -0.15) is 0 Å². The second-order valence-corrected chi connectivity index (χ2v) is 8.41. The van der Waals surface area contributed by atoms with Crippen molar-refractivity contribution in [3.05, 3.63) is 66.2 Å². The predicted octanol–water partition coefficient (Wildman–Crippen LogP) is 5.30. The number of amides is 2. The quantitative estimate of drug-likeness (QED) is 0.458. The maximum atomic E-state index is 13.4. The van der Waals surface area contributed by atoms with Crippen molar-refractivity contribution in [2.45, 2.75) is 33.1 Å². The maximum absolute atomic E-state index is 13.4. The molecule has 0 atom stereocenters. The molecule has 1 aliphatic heterocycles. The van der Waals surface area contributed by atoms with Crippen molar-refractivity contribution in [2.75, 3.05) is 37.7 Å². The fraction of sp³-hybridized carbons (Fsp3) is 0.357. The minimum atomic E-state index is -0.116. The van der Waals surface area contributed by atoms with Crippen molar-refractivity contribution < 1.29 is 19.1 Å². The first-order valence-electron chi connectivity index (χ1n) is 12.1. The van der Waals surface area contributed by atoms with Crippen molar-refractivity contribution in [3.8, 4) is 11.5 Å². The first-order valence-corrected chi connectivity index (χ1v) is 12.1. The maximum Gasteiger partial charge on any atom is 0.260 e. The molecule has 0 N–H and O–H groups in total. The van der Waals surface area contributed by atoms with E-state index in [0.717, 1.165) is 42.4 Å². The topological polar surface area (TPSA) is 59.1 Å². The van der Waals surface area contributed by atoms with Crippen molar-refractivity contribution in [1.29, 1.82) is 0 Å². The zero-order chi connectivity index (χ0) is 23.9. The van der Waals surface area contributed by atoms with Crippen LogP contribution in [0.4, 0.5) is 5.69 Å². The Morgan fingerprint density at radius 3 is 2.35 bits per heavy atom. The van der Waals surface area contributed by atoms with Gasteiger partial charge in [-0.3, -0.25) is 9.59 Å². The third-order valence-corrected chi connectivity index (χ3v) is 6.16. The molecule has 178 valence electrons. The lowest BCUT2D eigenvalue weighted by molar-refractivity contribution is -0.134. The number of hydrogen-bond acceptors (Lipinski definition) is 4. The molecule has 0 aliphatic carbocycles. The van der Waals surface area contributed by atoms with Gasteiger partial charge in [0.2, 0.25) is 0 Å². The predicted molar refractivity (Wildman–Crippen MR) is 135 cm³/mol. The molecule has 0 radical (unpaired) electrons. The van der Waals surface area contributed by atoms with Gasteiger partial charge in [-0.1, -0.05) is 30.3 Å². The van der Waals surface area contributed by atoms with Crippen molar-refractivity contribution in [1.82, 2.24) is 4.90 Å². The van der Waals surface area contributed by atoms with Crippen LogP contribution in [0.15, 0.2) is 60.7 Å². The second-order valence-electron chi connectivity index (χ2n) is 8.41. The van der Waals surface area contributed by atoms with Gasteiger partial charge in [0.15, 0.2) is 18.1 Å². The van der Waals surface area contributed by atoms with Crippen LogP contribution in [-0.4, -0.2) is 49.6 Å². The number of ether oxygens (including phenoxy) is 2. The smallest absolute Gasteiger partial charge is 0.260 e. The van der Waals surface area contributed by atoms with Crippen LogP contribution < -0.4 is 14.4 Å². The van der Waals surface area contributed by atoms with Gasteiger partial charge in [-0.05, 0) is 74.2 Å². The van der Waals surface area contributed by atoms with Gasteiger partial charge in [0.05, 0.1) is 6.61 Å². The number of hydrogen-bond donors (Lipinski definition) is 0. The van der Waals surface area contributed by atoms with Crippen molar-refractivity contribution >= 4 is 28.3 Å². The highest BCUT2D eigenvalue weighted by Gasteiger charge is 2.21. The molecule has 1 aliphatic rings. The molecule has 0 saturated carbocycles. The van der Waals surface area contributed by atoms with Gasteiger partial charge in [0.1, 0.15) is 0 Å². The molecule has 0 spiro atoms. The van der Waals surface area contributed by atoms with Crippen LogP contribution in [0.3, 0.4) is 0 Å². The van der Waals surface area contributed by atoms with Crippen LogP contribution in [0.5, 0.6) is 11.5 Å². The molecule has 1 fully saturated rings. The van der Waals surface area contributed by atoms with Crippen LogP contribution in [0, 0.1) is 0 Å². The summed E-state index contributed by atoms with van der Waals surface area (Å²) >= 11 is 0. The number of carbonyl (C=O) groups is 2. The molecule has 2 amide bonds. The molecule has 6 nitrogen and oxygen atoms in total. The molecule has 6 heteroatoms. The monoisotopic (exact) mass is 460 g/mol. The van der Waals surface area contributed by atoms with E-state index in [9.17, 15) is 9.59 Å². The lowest BCUT2D eigenvalue weighted by Crippen LogP contribution is -2.38. The Hall–Kier alpha value is -3.54. The summed E-state index contributed by atoms with van der Waals surface area (Å²) in [5.74, 6) is 0.803. The molecule has 1 heterocycles. The number of benzene rings is 3. The van der Waals surface area contributed by atoms with E-state index in [0.29, 0.717) is 30.2 Å². The zero-order valence-electron chi connectivity index (χ0n) is 20.0. The van der Waals surface area contributed by atoms with Gasteiger partial charge >= 0.3 is 0 Å². The van der Waals surface area contributed by atoms with Crippen LogP contribution in [0.1, 0.15) is 43.5 Å². The summed E-state index contributed by atoms with van der Waals surface area (Å²) in [6.07, 6.45) is 3.25. The first kappa shape index (κ1) is 23.6. The van der Waals surface area contributed by atoms with E-state index in [-0.39, 0.29) is 18.4 Å².